The molecule has 234 valence electrons. The zero-order chi connectivity index (χ0) is 30.7. The average Bonchev–Trinajstić information content (AvgIpc) is 3.15. The van der Waals surface area contributed by atoms with E-state index in [1.54, 1.807) is 0 Å². The number of halogens is 1. The summed E-state index contributed by atoms with van der Waals surface area (Å²) < 4.78 is 0. The summed E-state index contributed by atoms with van der Waals surface area (Å²) in [4.78, 5) is 23.0. The molecule has 6 heterocycles. The fraction of sp³-hybridized carbons (Fsp3) is 0.444. The number of nitrogens with one attached hydrogen (secondary N) is 2. The van der Waals surface area contributed by atoms with Gasteiger partial charge in [0.15, 0.2) is 0 Å². The lowest BCUT2D eigenvalue weighted by molar-refractivity contribution is -0.0188. The van der Waals surface area contributed by atoms with Gasteiger partial charge in [0.05, 0.1) is 22.7 Å². The van der Waals surface area contributed by atoms with E-state index < -0.39 is 5.60 Å². The largest absolute Gasteiger partial charge is 0.385 e. The number of hydrogen-bond donors (Lipinski definition) is 3. The number of allylic oxidation sites excluding steroid dienone is 3. The molecule has 6 aliphatic heterocycles. The molecule has 9 heteroatoms. The van der Waals surface area contributed by atoms with Gasteiger partial charge in [-0.05, 0) is 117 Å². The minimum Gasteiger partial charge on any atom is -0.385 e. The third kappa shape index (κ3) is 5.27. The minimum atomic E-state index is -0.846. The molecule has 45 heavy (non-hydrogen) atoms. The molecule has 0 spiro atoms. The number of fused-ring (bicyclic) bond motifs is 2. The SMILES string of the molecule is CC1=C2C(N3CCC(O)(c4ccc(Cl)cc4)CC3)=CC=CN2NC(=Nc2ccc(C(=O)NC3CN4CCC5C3CC54)cc2)CC1. The van der Waals surface area contributed by atoms with Crippen molar-refractivity contribution in [1.82, 2.24) is 25.6 Å². The van der Waals surface area contributed by atoms with Crippen molar-refractivity contribution >= 4 is 29.0 Å². The third-order valence-electron chi connectivity index (χ3n) is 11.1. The molecule has 5 unspecified atom stereocenters. The summed E-state index contributed by atoms with van der Waals surface area (Å²) >= 11 is 6.09. The number of nitrogens with zero attached hydrogens (tertiary/aromatic N) is 4. The smallest absolute Gasteiger partial charge is 0.251 e. The number of hydrazine groups is 1. The van der Waals surface area contributed by atoms with Crippen LogP contribution < -0.4 is 10.7 Å². The lowest BCUT2D eigenvalue weighted by atomic mass is 9.63. The number of amidine groups is 1. The van der Waals surface area contributed by atoms with Crippen LogP contribution in [0.4, 0.5) is 5.69 Å². The number of aliphatic hydroxyl groups is 1. The van der Waals surface area contributed by atoms with Crippen LogP contribution in [0, 0.1) is 11.8 Å². The highest BCUT2D eigenvalue weighted by atomic mass is 35.5. The quantitative estimate of drug-likeness (QED) is 0.410. The summed E-state index contributed by atoms with van der Waals surface area (Å²) in [6, 6.07) is 16.3. The molecule has 0 radical (unpaired) electrons. The molecule has 8 nitrogen and oxygen atoms in total. The first-order chi connectivity index (χ1) is 21.8. The molecule has 5 fully saturated rings. The van der Waals surface area contributed by atoms with Crippen molar-refractivity contribution in [3.05, 3.63) is 100.0 Å². The normalized spacial score (nSPS) is 30.7. The van der Waals surface area contributed by atoms with Gasteiger partial charge in [-0.2, -0.15) is 0 Å². The Morgan fingerprint density at radius 2 is 1.82 bits per heavy atom. The van der Waals surface area contributed by atoms with E-state index in [0.29, 0.717) is 29.3 Å². The number of rotatable bonds is 5. The zero-order valence-electron chi connectivity index (χ0n) is 25.8. The first-order valence-electron chi connectivity index (χ1n) is 16.5. The maximum atomic E-state index is 13.1. The van der Waals surface area contributed by atoms with Crippen LogP contribution in [-0.2, 0) is 5.60 Å². The predicted molar refractivity (Wildman–Crippen MR) is 177 cm³/mol. The van der Waals surface area contributed by atoms with Crippen LogP contribution in [0.25, 0.3) is 0 Å². The maximum Gasteiger partial charge on any atom is 0.251 e. The number of amides is 1. The van der Waals surface area contributed by atoms with Gasteiger partial charge in [0.1, 0.15) is 5.84 Å². The Bertz CT molecular complexity index is 1600. The second kappa shape index (κ2) is 11.3. The van der Waals surface area contributed by atoms with Crippen molar-refractivity contribution in [3.8, 4) is 0 Å². The molecule has 4 saturated heterocycles. The van der Waals surface area contributed by atoms with Gasteiger partial charge in [0.2, 0.25) is 0 Å². The second-order valence-electron chi connectivity index (χ2n) is 13.6. The van der Waals surface area contributed by atoms with E-state index in [4.69, 9.17) is 16.6 Å². The number of hydrogen-bond acceptors (Lipinski definition) is 6. The van der Waals surface area contributed by atoms with E-state index in [9.17, 15) is 9.90 Å². The first kappa shape index (κ1) is 28.9. The van der Waals surface area contributed by atoms with Gasteiger partial charge in [0.25, 0.3) is 5.91 Å². The van der Waals surface area contributed by atoms with Crippen LogP contribution in [0.2, 0.25) is 5.02 Å². The van der Waals surface area contributed by atoms with Gasteiger partial charge in [-0.3, -0.25) is 20.1 Å². The Kier molecular flexibility index (Phi) is 7.27. The molecule has 2 aromatic carbocycles. The summed E-state index contributed by atoms with van der Waals surface area (Å²) in [6.07, 6.45) is 11.8. The Balaban J connectivity index is 0.914. The Labute approximate surface area is 270 Å². The van der Waals surface area contributed by atoms with Crippen LogP contribution >= 0.6 is 11.6 Å². The fourth-order valence-corrected chi connectivity index (χ4v) is 8.61. The van der Waals surface area contributed by atoms with Crippen molar-refractivity contribution in [2.45, 2.75) is 63.1 Å². The van der Waals surface area contributed by atoms with Crippen LogP contribution in [0.1, 0.15) is 61.4 Å². The Hall–Kier alpha value is -3.59. The zero-order valence-corrected chi connectivity index (χ0v) is 26.5. The minimum absolute atomic E-state index is 0.0179. The summed E-state index contributed by atoms with van der Waals surface area (Å²) in [5.41, 5.74) is 8.76. The van der Waals surface area contributed by atoms with Crippen molar-refractivity contribution in [1.29, 1.82) is 0 Å². The lowest BCUT2D eigenvalue weighted by Gasteiger charge is -2.53. The van der Waals surface area contributed by atoms with Crippen LogP contribution in [-0.4, -0.2) is 69.9 Å². The molecule has 3 N–H and O–H groups in total. The molecule has 4 bridgehead atoms. The van der Waals surface area contributed by atoms with Gasteiger partial charge in [-0.15, -0.1) is 0 Å². The number of piperidine rings is 3. The van der Waals surface area contributed by atoms with Crippen molar-refractivity contribution in [2.24, 2.45) is 16.8 Å². The van der Waals surface area contributed by atoms with E-state index >= 15 is 0 Å². The molecule has 1 aliphatic carbocycles. The van der Waals surface area contributed by atoms with Crippen molar-refractivity contribution in [2.75, 3.05) is 26.2 Å². The number of aliphatic imine (C=N–C) groups is 1. The molecular formula is C36H41ClN6O2. The molecule has 2 aromatic rings. The van der Waals surface area contributed by atoms with E-state index in [2.05, 4.69) is 44.6 Å². The molecule has 1 saturated carbocycles. The standard InChI is InChI=1S/C36H41ClN6O2/c1-23-4-13-33(38-27-11-5-24(6-12-27)35(44)39-30-22-42-18-14-28-29(30)21-32(28)42)40-43-17-2-3-31(34(23)43)41-19-15-36(45,16-20-41)25-7-9-26(37)10-8-25/h2-3,5-12,17,28-30,32,45H,4,13-16,18-22H2,1H3,(H,38,40)(H,39,44). The van der Waals surface area contributed by atoms with E-state index in [1.807, 2.05) is 54.7 Å². The highest BCUT2D eigenvalue weighted by Crippen LogP contribution is 2.51. The van der Waals surface area contributed by atoms with E-state index in [1.165, 1.54) is 25.0 Å². The monoisotopic (exact) mass is 624 g/mol. The lowest BCUT2D eigenvalue weighted by Crippen LogP contribution is -2.64. The molecule has 1 amide bonds. The predicted octanol–water partition coefficient (Wildman–Crippen LogP) is 5.46. The first-order valence-corrected chi connectivity index (χ1v) is 16.8. The van der Waals surface area contributed by atoms with Crippen LogP contribution in [0.3, 0.4) is 0 Å². The Morgan fingerprint density at radius 1 is 1.04 bits per heavy atom. The molecule has 9 rings (SSSR count). The summed E-state index contributed by atoms with van der Waals surface area (Å²) in [5.74, 6) is 2.34. The summed E-state index contributed by atoms with van der Waals surface area (Å²) in [7, 11) is 0. The fourth-order valence-electron chi connectivity index (χ4n) is 8.49. The molecular weight excluding hydrogens is 584 g/mol. The second-order valence-corrected chi connectivity index (χ2v) is 14.1. The maximum absolute atomic E-state index is 13.1. The highest BCUT2D eigenvalue weighted by molar-refractivity contribution is 6.30. The highest BCUT2D eigenvalue weighted by Gasteiger charge is 2.56. The topological polar surface area (TPSA) is 83.4 Å². The van der Waals surface area contributed by atoms with Crippen molar-refractivity contribution < 1.29 is 9.90 Å². The number of benzene rings is 2. The van der Waals surface area contributed by atoms with Gasteiger partial charge >= 0.3 is 0 Å². The number of carbonyl (C=O) groups excluding carboxylic acids is 1. The van der Waals surface area contributed by atoms with Gasteiger partial charge in [-0.1, -0.05) is 23.7 Å². The average molecular weight is 625 g/mol. The van der Waals surface area contributed by atoms with Gasteiger partial charge in [0, 0.05) is 54.9 Å². The number of carbonyl (C=O) groups is 1. The molecule has 7 aliphatic rings. The van der Waals surface area contributed by atoms with E-state index in [-0.39, 0.29) is 11.9 Å². The van der Waals surface area contributed by atoms with E-state index in [0.717, 1.165) is 72.9 Å². The third-order valence-corrected chi connectivity index (χ3v) is 11.4. The van der Waals surface area contributed by atoms with Gasteiger partial charge < -0.3 is 15.3 Å². The van der Waals surface area contributed by atoms with Gasteiger partial charge in [-0.25, -0.2) is 4.99 Å². The Morgan fingerprint density at radius 3 is 2.58 bits per heavy atom. The molecule has 5 atom stereocenters. The van der Waals surface area contributed by atoms with Crippen molar-refractivity contribution in [3.63, 3.8) is 0 Å². The summed E-state index contributed by atoms with van der Waals surface area (Å²) in [5, 5.41) is 17.5. The van der Waals surface area contributed by atoms with Crippen LogP contribution in [0.5, 0.6) is 0 Å². The molecule has 0 aromatic heterocycles. The van der Waals surface area contributed by atoms with Crippen LogP contribution in [0.15, 0.2) is 88.8 Å². The number of likely N-dealkylation sites (tertiary alicyclic amines) is 1. The summed E-state index contributed by atoms with van der Waals surface area (Å²) in [6.45, 7) is 5.89.